The maximum Gasteiger partial charge on any atom is 0.336 e. The Labute approximate surface area is 151 Å². The first-order chi connectivity index (χ1) is 11.9. The van der Waals surface area contributed by atoms with Gasteiger partial charge in [0.1, 0.15) is 4.21 Å². The summed E-state index contributed by atoms with van der Waals surface area (Å²) in [7, 11) is -3.72. The second-order valence-corrected chi connectivity index (χ2v) is 8.62. The van der Waals surface area contributed by atoms with Gasteiger partial charge in [-0.15, -0.1) is 11.3 Å². The minimum Gasteiger partial charge on any atom is -0.478 e. The zero-order valence-electron chi connectivity index (χ0n) is 14.0. The van der Waals surface area contributed by atoms with Crippen molar-refractivity contribution < 1.29 is 27.9 Å². The number of nitrogens with zero attached hydrogens (tertiary/aromatic N) is 2. The molecule has 8 nitrogen and oxygen atoms in total. The third-order valence-electron chi connectivity index (χ3n) is 3.89. The maximum absolute atomic E-state index is 12.6. The first-order valence-corrected chi connectivity index (χ1v) is 10.4. The van der Waals surface area contributed by atoms with Gasteiger partial charge in [-0.2, -0.15) is 4.31 Å². The molecule has 0 aromatic carbocycles. The van der Waals surface area contributed by atoms with Gasteiger partial charge < -0.3 is 14.7 Å². The Kier molecular flexibility index (Phi) is 6.94. The van der Waals surface area contributed by atoms with Crippen molar-refractivity contribution in [3.8, 4) is 0 Å². The zero-order valence-corrected chi connectivity index (χ0v) is 15.6. The van der Waals surface area contributed by atoms with Crippen LogP contribution in [-0.2, 0) is 19.6 Å². The largest absolute Gasteiger partial charge is 0.478 e. The molecule has 0 spiro atoms. The van der Waals surface area contributed by atoms with Crippen LogP contribution in [0.3, 0.4) is 0 Å². The highest BCUT2D eigenvalue weighted by atomic mass is 32.2. The molecule has 1 aromatic rings. The molecule has 1 aliphatic rings. The van der Waals surface area contributed by atoms with Gasteiger partial charge in [-0.3, -0.25) is 4.79 Å². The van der Waals surface area contributed by atoms with Crippen molar-refractivity contribution in [1.82, 2.24) is 9.21 Å². The fourth-order valence-corrected chi connectivity index (χ4v) is 5.23. The van der Waals surface area contributed by atoms with Gasteiger partial charge in [-0.25, -0.2) is 13.2 Å². The van der Waals surface area contributed by atoms with E-state index in [1.165, 1.54) is 15.8 Å². The number of carboxylic acid groups (broad SMARTS) is 1. The average Bonchev–Trinajstić information content (AvgIpc) is 3.10. The molecule has 2 rings (SSSR count). The summed E-state index contributed by atoms with van der Waals surface area (Å²) in [6.07, 6.45) is 1.04. The Hall–Kier alpha value is -1.49. The summed E-state index contributed by atoms with van der Waals surface area (Å²) in [5.74, 6) is -1.15. The number of carbonyl (C=O) groups excluding carboxylic acids is 1. The van der Waals surface area contributed by atoms with E-state index in [1.54, 1.807) is 4.90 Å². The lowest BCUT2D eigenvalue weighted by atomic mass is 10.2. The molecule has 10 heteroatoms. The summed E-state index contributed by atoms with van der Waals surface area (Å²) in [5, 5.41) is 10.2. The molecule has 1 fully saturated rings. The normalized spacial score (nSPS) is 16.1. The van der Waals surface area contributed by atoms with E-state index in [1.807, 2.05) is 6.92 Å². The van der Waals surface area contributed by atoms with Gasteiger partial charge in [-0.05, 0) is 19.4 Å². The number of carboxylic acids is 1. The lowest BCUT2D eigenvalue weighted by Gasteiger charge is -2.33. The molecule has 1 aromatic heterocycles. The van der Waals surface area contributed by atoms with Crippen molar-refractivity contribution >= 4 is 33.2 Å². The van der Waals surface area contributed by atoms with E-state index in [4.69, 9.17) is 9.84 Å². The molecule has 1 saturated heterocycles. The van der Waals surface area contributed by atoms with Gasteiger partial charge in [-0.1, -0.05) is 0 Å². The van der Waals surface area contributed by atoms with Crippen molar-refractivity contribution in [2.24, 2.45) is 0 Å². The monoisotopic (exact) mass is 390 g/mol. The Morgan fingerprint density at radius 2 is 1.96 bits per heavy atom. The third-order valence-corrected chi connectivity index (χ3v) is 7.21. The van der Waals surface area contributed by atoms with Crippen LogP contribution in [0.2, 0.25) is 0 Å². The first-order valence-electron chi connectivity index (χ1n) is 8.03. The molecule has 0 aliphatic carbocycles. The third kappa shape index (κ3) is 5.00. The number of sulfonamides is 1. The van der Waals surface area contributed by atoms with E-state index in [9.17, 15) is 18.0 Å². The van der Waals surface area contributed by atoms with E-state index in [0.29, 0.717) is 39.1 Å². The number of hydrogen-bond acceptors (Lipinski definition) is 6. The number of carbonyl (C=O) groups is 2. The van der Waals surface area contributed by atoms with Gasteiger partial charge in [0.05, 0.1) is 5.56 Å². The number of hydrogen-bond donors (Lipinski definition) is 1. The second-order valence-electron chi connectivity index (χ2n) is 5.54. The summed E-state index contributed by atoms with van der Waals surface area (Å²) in [6.45, 7) is 4.15. The molecule has 0 saturated carbocycles. The molecule has 1 aliphatic heterocycles. The SMILES string of the molecule is CCOCCCC(=O)N1CCN(S(=O)(=O)c2cc(C(=O)O)cs2)CC1. The highest BCUT2D eigenvalue weighted by Crippen LogP contribution is 2.25. The van der Waals surface area contributed by atoms with Gasteiger partial charge in [0.2, 0.25) is 5.91 Å². The average molecular weight is 390 g/mol. The predicted octanol–water partition coefficient (Wildman–Crippen LogP) is 1.10. The van der Waals surface area contributed by atoms with Crippen molar-refractivity contribution in [3.63, 3.8) is 0 Å². The number of aromatic carboxylic acids is 1. The van der Waals surface area contributed by atoms with Crippen LogP contribution in [0.1, 0.15) is 30.1 Å². The van der Waals surface area contributed by atoms with Crippen LogP contribution < -0.4 is 0 Å². The van der Waals surface area contributed by atoms with Crippen molar-refractivity contribution in [3.05, 3.63) is 17.0 Å². The van der Waals surface area contributed by atoms with Crippen molar-refractivity contribution in [1.29, 1.82) is 0 Å². The smallest absolute Gasteiger partial charge is 0.336 e. The molecular formula is C15H22N2O6S2. The molecule has 2 heterocycles. The van der Waals surface area contributed by atoms with Crippen LogP contribution in [0.25, 0.3) is 0 Å². The Morgan fingerprint density at radius 1 is 1.28 bits per heavy atom. The molecule has 1 N–H and O–H groups in total. The van der Waals surface area contributed by atoms with Gasteiger partial charge in [0.15, 0.2) is 0 Å². The van der Waals surface area contributed by atoms with E-state index in [-0.39, 0.29) is 28.8 Å². The molecule has 0 unspecified atom stereocenters. The molecule has 140 valence electrons. The lowest BCUT2D eigenvalue weighted by Crippen LogP contribution is -2.50. The van der Waals surface area contributed by atoms with Crippen molar-refractivity contribution in [2.75, 3.05) is 39.4 Å². The minimum absolute atomic E-state index is 0.000961. The summed E-state index contributed by atoms with van der Waals surface area (Å²) in [4.78, 5) is 24.7. The number of amides is 1. The van der Waals surface area contributed by atoms with E-state index < -0.39 is 16.0 Å². The quantitative estimate of drug-likeness (QED) is 0.667. The molecular weight excluding hydrogens is 368 g/mol. The maximum atomic E-state index is 12.6. The Bertz CT molecular complexity index is 707. The Balaban J connectivity index is 1.90. The lowest BCUT2D eigenvalue weighted by molar-refractivity contribution is -0.132. The summed E-state index contributed by atoms with van der Waals surface area (Å²) < 4.78 is 31.7. The minimum atomic E-state index is -3.72. The highest BCUT2D eigenvalue weighted by molar-refractivity contribution is 7.91. The number of thiophene rings is 1. The van der Waals surface area contributed by atoms with Gasteiger partial charge in [0, 0.05) is 51.2 Å². The fourth-order valence-electron chi connectivity index (χ4n) is 2.50. The van der Waals surface area contributed by atoms with Gasteiger partial charge in [0.25, 0.3) is 10.0 Å². The summed E-state index contributed by atoms with van der Waals surface area (Å²) in [5.41, 5.74) is -0.0355. The van der Waals surface area contributed by atoms with Crippen molar-refractivity contribution in [2.45, 2.75) is 24.0 Å². The van der Waals surface area contributed by atoms with E-state index in [0.717, 1.165) is 11.3 Å². The van der Waals surface area contributed by atoms with Gasteiger partial charge >= 0.3 is 5.97 Å². The van der Waals surface area contributed by atoms with Crippen LogP contribution in [0.4, 0.5) is 0 Å². The van der Waals surface area contributed by atoms with E-state index in [2.05, 4.69) is 0 Å². The Morgan fingerprint density at radius 3 is 2.52 bits per heavy atom. The molecule has 0 radical (unpaired) electrons. The van der Waals surface area contributed by atoms with Crippen LogP contribution in [-0.4, -0.2) is 74.0 Å². The second kappa shape index (κ2) is 8.75. The number of ether oxygens (including phenoxy) is 1. The predicted molar refractivity (Wildman–Crippen MR) is 92.3 cm³/mol. The number of rotatable bonds is 8. The highest BCUT2D eigenvalue weighted by Gasteiger charge is 2.31. The fraction of sp³-hybridized carbons (Fsp3) is 0.600. The van der Waals surface area contributed by atoms with Crippen LogP contribution in [0.15, 0.2) is 15.7 Å². The van der Waals surface area contributed by atoms with Crippen LogP contribution in [0, 0.1) is 0 Å². The first kappa shape index (κ1) is 19.8. The summed E-state index contributed by atoms with van der Waals surface area (Å²) in [6, 6.07) is 1.17. The molecule has 0 bridgehead atoms. The van der Waals surface area contributed by atoms with Crippen LogP contribution in [0.5, 0.6) is 0 Å². The molecule has 25 heavy (non-hydrogen) atoms. The zero-order chi connectivity index (χ0) is 18.4. The van der Waals surface area contributed by atoms with E-state index >= 15 is 0 Å². The summed E-state index contributed by atoms with van der Waals surface area (Å²) >= 11 is 0.896. The topological polar surface area (TPSA) is 104 Å². The molecule has 0 atom stereocenters. The molecule has 1 amide bonds. The standard InChI is InChI=1S/C15H22N2O6S2/c1-2-23-9-3-4-13(18)16-5-7-17(8-6-16)25(21,22)14-10-12(11-24-14)15(19)20/h10-11H,2-9H2,1H3,(H,19,20). The van der Waals surface area contributed by atoms with Crippen LogP contribution >= 0.6 is 11.3 Å². The number of piperazine rings is 1.